The van der Waals surface area contributed by atoms with Gasteiger partial charge in [-0.05, 0) is 72.2 Å². The Morgan fingerprint density at radius 3 is 2.25 bits per heavy atom. The van der Waals surface area contributed by atoms with Crippen LogP contribution < -0.4 is 0 Å². The van der Waals surface area contributed by atoms with Crippen LogP contribution in [0.15, 0.2) is 36.5 Å². The normalized spacial score (nSPS) is 15.3. The van der Waals surface area contributed by atoms with E-state index in [0.717, 1.165) is 25.0 Å². The number of aromatic nitrogens is 2. The standard InChI is InChI=1S/C15H13ClFN3O.C7H2ClFIN/c16-12-7-10(8-13(17)11(12)9-18)14-4-5-19-20(14)15-3-1-2-6-21-15;8-6-1-4(10)2-7(9)5(6)3-11/h4-5,7-8,15H,1-3,6H2;1-2H. The molecule has 0 aliphatic carbocycles. The maximum absolute atomic E-state index is 13.9. The third-order valence-electron chi connectivity index (χ3n) is 4.67. The van der Waals surface area contributed by atoms with E-state index in [1.165, 1.54) is 12.1 Å². The van der Waals surface area contributed by atoms with Crippen LogP contribution in [-0.4, -0.2) is 16.4 Å². The Balaban J connectivity index is 0.000000222. The van der Waals surface area contributed by atoms with Crippen LogP contribution in [0.2, 0.25) is 10.0 Å². The highest BCUT2D eigenvalue weighted by molar-refractivity contribution is 14.1. The summed E-state index contributed by atoms with van der Waals surface area (Å²) in [7, 11) is 0. The minimum absolute atomic E-state index is 0.0907. The number of nitrogens with zero attached hydrogens (tertiary/aromatic N) is 4. The number of halogens is 5. The summed E-state index contributed by atoms with van der Waals surface area (Å²) < 4.78 is 34.9. The summed E-state index contributed by atoms with van der Waals surface area (Å²) in [4.78, 5) is 0. The molecule has 1 aliphatic rings. The van der Waals surface area contributed by atoms with Gasteiger partial charge in [0.1, 0.15) is 34.9 Å². The predicted octanol–water partition coefficient (Wildman–Crippen LogP) is 6.87. The summed E-state index contributed by atoms with van der Waals surface area (Å²) in [6.45, 7) is 0.701. The molecule has 0 amide bonds. The first-order valence-electron chi connectivity index (χ1n) is 9.45. The van der Waals surface area contributed by atoms with Crippen molar-refractivity contribution in [1.29, 1.82) is 10.5 Å². The van der Waals surface area contributed by atoms with Gasteiger partial charge in [-0.25, -0.2) is 13.5 Å². The van der Waals surface area contributed by atoms with Crippen LogP contribution in [0.5, 0.6) is 0 Å². The molecule has 164 valence electrons. The molecule has 32 heavy (non-hydrogen) atoms. The van der Waals surface area contributed by atoms with Crippen LogP contribution in [0.25, 0.3) is 11.3 Å². The molecule has 0 radical (unpaired) electrons. The molecule has 2 heterocycles. The zero-order valence-electron chi connectivity index (χ0n) is 16.5. The van der Waals surface area contributed by atoms with E-state index in [1.54, 1.807) is 41.2 Å². The molecule has 4 rings (SSSR count). The molecule has 1 unspecified atom stereocenters. The summed E-state index contributed by atoms with van der Waals surface area (Å²) in [5, 5.41) is 21.8. The molecule has 1 fully saturated rings. The number of ether oxygens (including phenoxy) is 1. The first kappa shape index (κ1) is 24.4. The fraction of sp³-hybridized carbons (Fsp3) is 0.227. The highest BCUT2D eigenvalue weighted by Gasteiger charge is 2.20. The quantitative estimate of drug-likeness (QED) is 0.307. The highest BCUT2D eigenvalue weighted by atomic mass is 127. The van der Waals surface area contributed by atoms with Gasteiger partial charge in [-0.3, -0.25) is 0 Å². The molecule has 1 atom stereocenters. The summed E-state index contributed by atoms with van der Waals surface area (Å²) in [6, 6.07) is 10.9. The molecule has 0 N–H and O–H groups in total. The summed E-state index contributed by atoms with van der Waals surface area (Å²) in [6.07, 6.45) is 4.51. The van der Waals surface area contributed by atoms with Gasteiger partial charge in [0.2, 0.25) is 0 Å². The van der Waals surface area contributed by atoms with Crippen LogP contribution >= 0.6 is 45.8 Å². The molecule has 1 saturated heterocycles. The fourth-order valence-electron chi connectivity index (χ4n) is 3.17. The van der Waals surface area contributed by atoms with Crippen molar-refractivity contribution in [2.24, 2.45) is 0 Å². The minimum atomic E-state index is -0.627. The average molecular weight is 587 g/mol. The molecule has 0 spiro atoms. The van der Waals surface area contributed by atoms with E-state index in [9.17, 15) is 8.78 Å². The summed E-state index contributed by atoms with van der Waals surface area (Å²) >= 11 is 13.5. The third-order valence-corrected chi connectivity index (χ3v) is 5.89. The molecule has 0 saturated carbocycles. The molecule has 1 aromatic heterocycles. The lowest BCUT2D eigenvalue weighted by Gasteiger charge is -2.24. The van der Waals surface area contributed by atoms with Crippen LogP contribution in [0.4, 0.5) is 8.78 Å². The predicted molar refractivity (Wildman–Crippen MR) is 125 cm³/mol. The lowest BCUT2D eigenvalue weighted by Crippen LogP contribution is -2.19. The van der Waals surface area contributed by atoms with Crippen molar-refractivity contribution in [3.8, 4) is 23.4 Å². The molecule has 2 aromatic carbocycles. The van der Waals surface area contributed by atoms with Crippen molar-refractivity contribution >= 4 is 45.8 Å². The maximum Gasteiger partial charge on any atom is 0.150 e. The number of rotatable bonds is 2. The fourth-order valence-corrected chi connectivity index (χ4v) is 4.43. The van der Waals surface area contributed by atoms with E-state index < -0.39 is 11.6 Å². The van der Waals surface area contributed by atoms with E-state index >= 15 is 0 Å². The number of nitriles is 2. The van der Waals surface area contributed by atoms with Crippen molar-refractivity contribution in [2.45, 2.75) is 25.5 Å². The summed E-state index contributed by atoms with van der Waals surface area (Å²) in [5.41, 5.74) is 1.09. The van der Waals surface area contributed by atoms with Crippen molar-refractivity contribution in [2.75, 3.05) is 6.61 Å². The van der Waals surface area contributed by atoms with Gasteiger partial charge < -0.3 is 4.74 Å². The number of hydrogen-bond donors (Lipinski definition) is 0. The monoisotopic (exact) mass is 586 g/mol. The Labute approximate surface area is 207 Å². The van der Waals surface area contributed by atoms with Crippen LogP contribution in [0.1, 0.15) is 36.6 Å². The first-order valence-corrected chi connectivity index (χ1v) is 11.3. The van der Waals surface area contributed by atoms with Gasteiger partial charge in [-0.1, -0.05) is 23.2 Å². The van der Waals surface area contributed by atoms with Gasteiger partial charge in [-0.2, -0.15) is 15.6 Å². The van der Waals surface area contributed by atoms with Gasteiger partial charge in [0.05, 0.1) is 15.7 Å². The van der Waals surface area contributed by atoms with Crippen molar-refractivity contribution in [3.05, 3.63) is 72.9 Å². The Hall–Kier alpha value is -2.24. The first-order chi connectivity index (χ1) is 15.3. The van der Waals surface area contributed by atoms with Crippen LogP contribution in [0, 0.1) is 37.9 Å². The van der Waals surface area contributed by atoms with Gasteiger partial charge in [0, 0.05) is 21.9 Å². The topological polar surface area (TPSA) is 74.6 Å². The molecular weight excluding hydrogens is 572 g/mol. The average Bonchev–Trinajstić information content (AvgIpc) is 3.24. The molecular formula is C22H15Cl2F2IN4O. The molecule has 3 aromatic rings. The molecule has 5 nitrogen and oxygen atoms in total. The van der Waals surface area contributed by atoms with E-state index in [4.69, 9.17) is 38.5 Å². The van der Waals surface area contributed by atoms with E-state index in [-0.39, 0.29) is 27.4 Å². The highest BCUT2D eigenvalue weighted by Crippen LogP contribution is 2.31. The Kier molecular flexibility index (Phi) is 8.44. The van der Waals surface area contributed by atoms with Gasteiger partial charge in [-0.15, -0.1) is 0 Å². The largest absolute Gasteiger partial charge is 0.356 e. The van der Waals surface area contributed by atoms with E-state index in [2.05, 4.69) is 5.10 Å². The Morgan fingerprint density at radius 2 is 1.69 bits per heavy atom. The lowest BCUT2D eigenvalue weighted by atomic mass is 10.1. The maximum atomic E-state index is 13.9. The van der Waals surface area contributed by atoms with Gasteiger partial charge >= 0.3 is 0 Å². The van der Waals surface area contributed by atoms with Crippen molar-refractivity contribution in [3.63, 3.8) is 0 Å². The van der Waals surface area contributed by atoms with E-state index in [0.29, 0.717) is 15.7 Å². The smallest absolute Gasteiger partial charge is 0.150 e. The minimum Gasteiger partial charge on any atom is -0.356 e. The molecule has 0 bridgehead atoms. The van der Waals surface area contributed by atoms with Gasteiger partial charge in [0.15, 0.2) is 6.23 Å². The third kappa shape index (κ3) is 5.57. The zero-order valence-corrected chi connectivity index (χ0v) is 20.1. The van der Waals surface area contributed by atoms with E-state index in [1.807, 2.05) is 22.6 Å². The van der Waals surface area contributed by atoms with Crippen LogP contribution in [0.3, 0.4) is 0 Å². The number of benzene rings is 2. The van der Waals surface area contributed by atoms with Crippen molar-refractivity contribution in [1.82, 2.24) is 9.78 Å². The second kappa shape index (κ2) is 11.1. The number of hydrogen-bond acceptors (Lipinski definition) is 4. The SMILES string of the molecule is N#Cc1c(F)cc(-c2ccnn2C2CCCCO2)cc1Cl.N#Cc1c(F)cc(I)cc1Cl. The zero-order chi connectivity index (χ0) is 23.3. The van der Waals surface area contributed by atoms with Gasteiger partial charge in [0.25, 0.3) is 0 Å². The van der Waals surface area contributed by atoms with Crippen LogP contribution in [-0.2, 0) is 4.74 Å². The Morgan fingerprint density at radius 1 is 1.03 bits per heavy atom. The second-order valence-electron chi connectivity index (χ2n) is 6.77. The molecule has 1 aliphatic heterocycles. The van der Waals surface area contributed by atoms with Crippen molar-refractivity contribution < 1.29 is 13.5 Å². The second-order valence-corrected chi connectivity index (χ2v) is 8.83. The Bertz CT molecular complexity index is 1170. The lowest BCUT2D eigenvalue weighted by molar-refractivity contribution is -0.0383. The summed E-state index contributed by atoms with van der Waals surface area (Å²) in [5.74, 6) is -1.19. The molecule has 10 heteroatoms.